The SMILES string of the molecule is CCC(S)CCC(S)CCC(S)C(CS)C(S)(S)CS. The summed E-state index contributed by atoms with van der Waals surface area (Å²) in [6.07, 6.45) is 5.40. The summed E-state index contributed by atoms with van der Waals surface area (Å²) in [7, 11) is 0. The smallest absolute Gasteiger partial charge is 0.0685 e. The van der Waals surface area contributed by atoms with Gasteiger partial charge in [-0.2, -0.15) is 88.4 Å². The molecule has 0 aliphatic rings. The van der Waals surface area contributed by atoms with Crippen molar-refractivity contribution in [3.05, 3.63) is 0 Å². The third kappa shape index (κ3) is 8.92. The highest BCUT2D eigenvalue weighted by atomic mass is 32.2. The Bertz CT molecular complexity index is 247. The number of rotatable bonds is 11. The molecular weight excluding hydrogens is 381 g/mol. The highest BCUT2D eigenvalue weighted by molar-refractivity contribution is 8.02. The van der Waals surface area contributed by atoms with E-state index in [1.165, 1.54) is 0 Å². The van der Waals surface area contributed by atoms with E-state index < -0.39 is 4.08 Å². The van der Waals surface area contributed by atoms with Crippen LogP contribution in [-0.2, 0) is 0 Å². The van der Waals surface area contributed by atoms with Crippen molar-refractivity contribution in [2.24, 2.45) is 5.92 Å². The Morgan fingerprint density at radius 1 is 0.850 bits per heavy atom. The summed E-state index contributed by atoms with van der Waals surface area (Å²) in [4.78, 5) is 0. The number of hydrogen-bond donors (Lipinski definition) is 7. The minimum Gasteiger partial charge on any atom is -0.179 e. The molecule has 0 N–H and O–H groups in total. The van der Waals surface area contributed by atoms with E-state index in [0.717, 1.165) is 32.1 Å². The summed E-state index contributed by atoms with van der Waals surface area (Å²) in [6, 6.07) is 0. The molecule has 0 bridgehead atoms. The highest BCUT2D eigenvalue weighted by Crippen LogP contribution is 2.37. The fourth-order valence-corrected chi connectivity index (χ4v) is 4.98. The van der Waals surface area contributed by atoms with E-state index in [1.807, 2.05) is 0 Å². The van der Waals surface area contributed by atoms with Gasteiger partial charge in [-0.15, -0.1) is 0 Å². The van der Waals surface area contributed by atoms with E-state index in [9.17, 15) is 0 Å². The third-order valence-electron chi connectivity index (χ3n) is 3.59. The molecule has 0 nitrogen and oxygen atoms in total. The maximum Gasteiger partial charge on any atom is 0.0685 e. The van der Waals surface area contributed by atoms with Crippen molar-refractivity contribution in [1.29, 1.82) is 0 Å². The second kappa shape index (κ2) is 11.9. The van der Waals surface area contributed by atoms with Gasteiger partial charge >= 0.3 is 0 Å². The van der Waals surface area contributed by atoms with E-state index in [4.69, 9.17) is 12.6 Å². The second-order valence-electron chi connectivity index (χ2n) is 5.26. The number of thiol groups is 7. The van der Waals surface area contributed by atoms with Gasteiger partial charge in [-0.1, -0.05) is 6.92 Å². The molecular formula is C13H28S7. The molecule has 0 aliphatic heterocycles. The van der Waals surface area contributed by atoms with E-state index in [2.05, 4.69) is 82.7 Å². The summed E-state index contributed by atoms with van der Waals surface area (Å²) < 4.78 is -0.429. The normalized spacial score (nSPS) is 18.6. The zero-order valence-electron chi connectivity index (χ0n) is 11.9. The molecule has 7 heteroatoms. The highest BCUT2D eigenvalue weighted by Gasteiger charge is 2.34. The molecule has 0 aromatic rings. The Labute approximate surface area is 163 Å². The molecule has 0 heterocycles. The minimum absolute atomic E-state index is 0.215. The quantitative estimate of drug-likeness (QED) is 0.184. The molecule has 0 aliphatic carbocycles. The largest absolute Gasteiger partial charge is 0.179 e. The van der Waals surface area contributed by atoms with E-state index in [-0.39, 0.29) is 11.2 Å². The Morgan fingerprint density at radius 2 is 1.35 bits per heavy atom. The van der Waals surface area contributed by atoms with Crippen LogP contribution in [-0.4, -0.2) is 31.3 Å². The van der Waals surface area contributed by atoms with Crippen molar-refractivity contribution < 1.29 is 0 Å². The molecule has 0 aromatic carbocycles. The van der Waals surface area contributed by atoms with Crippen molar-refractivity contribution in [2.75, 3.05) is 11.5 Å². The van der Waals surface area contributed by atoms with Crippen molar-refractivity contribution in [2.45, 2.75) is 58.9 Å². The molecule has 0 aromatic heterocycles. The van der Waals surface area contributed by atoms with Crippen molar-refractivity contribution in [3.8, 4) is 0 Å². The molecule has 4 atom stereocenters. The van der Waals surface area contributed by atoms with Gasteiger partial charge in [0.2, 0.25) is 0 Å². The van der Waals surface area contributed by atoms with Crippen LogP contribution in [0.1, 0.15) is 39.0 Å². The summed E-state index contributed by atoms with van der Waals surface area (Å²) in [5, 5.41) is 1.13. The van der Waals surface area contributed by atoms with E-state index >= 15 is 0 Å². The Hall–Kier alpha value is 2.45. The lowest BCUT2D eigenvalue weighted by Gasteiger charge is -2.34. The van der Waals surface area contributed by atoms with Gasteiger partial charge in [-0.25, -0.2) is 0 Å². The summed E-state index contributed by atoms with van der Waals surface area (Å²) in [5.41, 5.74) is 0. The van der Waals surface area contributed by atoms with Crippen LogP contribution in [0.25, 0.3) is 0 Å². The molecule has 122 valence electrons. The predicted molar refractivity (Wildman–Crippen MR) is 119 cm³/mol. The first-order valence-electron chi connectivity index (χ1n) is 6.99. The Morgan fingerprint density at radius 3 is 1.80 bits per heavy atom. The standard InChI is InChI=1S/C13H28S7/c1-2-9(16)3-4-10(17)5-6-12(18)11(7-14)13(19,20)8-15/h9-12,14-20H,2-8H2,1H3. The maximum atomic E-state index is 4.72. The van der Waals surface area contributed by atoms with Crippen LogP contribution in [0.5, 0.6) is 0 Å². The van der Waals surface area contributed by atoms with Gasteiger partial charge in [0.15, 0.2) is 0 Å². The molecule has 0 fully saturated rings. The molecule has 0 saturated carbocycles. The zero-order valence-corrected chi connectivity index (χ0v) is 18.2. The summed E-state index contributed by atoms with van der Waals surface area (Å²) in [6.45, 7) is 2.17. The van der Waals surface area contributed by atoms with Crippen molar-refractivity contribution in [3.63, 3.8) is 0 Å². The molecule has 20 heavy (non-hydrogen) atoms. The van der Waals surface area contributed by atoms with Crippen molar-refractivity contribution in [1.82, 2.24) is 0 Å². The first-order valence-corrected chi connectivity index (χ1v) is 10.7. The van der Waals surface area contributed by atoms with Gasteiger partial charge in [0.05, 0.1) is 4.08 Å². The zero-order chi connectivity index (χ0) is 15.8. The predicted octanol–water partition coefficient (Wildman–Crippen LogP) is 4.88. The van der Waals surface area contributed by atoms with Gasteiger partial charge in [-0.05, 0) is 37.9 Å². The average molecular weight is 409 g/mol. The first kappa shape index (κ1) is 22.4. The van der Waals surface area contributed by atoms with Gasteiger partial charge in [0, 0.05) is 27.4 Å². The third-order valence-corrected chi connectivity index (χ3v) is 7.72. The fraction of sp³-hybridized carbons (Fsp3) is 1.00. The summed E-state index contributed by atoms with van der Waals surface area (Å²) in [5.74, 6) is 1.53. The van der Waals surface area contributed by atoms with Gasteiger partial charge in [0.1, 0.15) is 0 Å². The summed E-state index contributed by atoms with van der Waals surface area (Å²) >= 11 is 31.8. The van der Waals surface area contributed by atoms with Gasteiger partial charge < -0.3 is 0 Å². The molecule has 0 radical (unpaired) electrons. The van der Waals surface area contributed by atoms with Crippen LogP contribution in [0.3, 0.4) is 0 Å². The van der Waals surface area contributed by atoms with Crippen LogP contribution >= 0.6 is 88.4 Å². The average Bonchev–Trinajstić information content (AvgIpc) is 2.42. The van der Waals surface area contributed by atoms with Crippen molar-refractivity contribution >= 4 is 88.4 Å². The van der Waals surface area contributed by atoms with Crippen LogP contribution < -0.4 is 0 Å². The monoisotopic (exact) mass is 408 g/mol. The lowest BCUT2D eigenvalue weighted by atomic mass is 9.97. The van der Waals surface area contributed by atoms with Crippen LogP contribution in [0, 0.1) is 5.92 Å². The molecule has 0 saturated heterocycles. The van der Waals surface area contributed by atoms with Gasteiger partial charge in [-0.3, -0.25) is 0 Å². The molecule has 0 rings (SSSR count). The topological polar surface area (TPSA) is 0 Å². The van der Waals surface area contributed by atoms with Crippen LogP contribution in [0.4, 0.5) is 0 Å². The molecule has 0 amide bonds. The molecule has 0 spiro atoms. The van der Waals surface area contributed by atoms with Crippen LogP contribution in [0.2, 0.25) is 0 Å². The Kier molecular flexibility index (Phi) is 13.4. The number of hydrogen-bond acceptors (Lipinski definition) is 7. The van der Waals surface area contributed by atoms with Gasteiger partial charge in [0.25, 0.3) is 0 Å². The lowest BCUT2D eigenvalue weighted by molar-refractivity contribution is 0.495. The minimum atomic E-state index is -0.429. The van der Waals surface area contributed by atoms with E-state index in [0.29, 0.717) is 22.0 Å². The first-order chi connectivity index (χ1) is 9.28. The van der Waals surface area contributed by atoms with Crippen LogP contribution in [0.15, 0.2) is 0 Å². The fourth-order valence-electron chi connectivity index (χ4n) is 1.99. The van der Waals surface area contributed by atoms with E-state index in [1.54, 1.807) is 0 Å². The molecule has 4 unspecified atom stereocenters. The Balaban J connectivity index is 4.15. The second-order valence-corrected chi connectivity index (χ2v) is 10.0. The maximum absolute atomic E-state index is 4.72. The lowest BCUT2D eigenvalue weighted by Crippen LogP contribution is -2.36.